The van der Waals surface area contributed by atoms with Crippen LogP contribution in [-0.4, -0.2) is 71.6 Å². The molecule has 1 saturated heterocycles. The molecule has 0 radical (unpaired) electrons. The van der Waals surface area contributed by atoms with E-state index >= 15 is 0 Å². The Labute approximate surface area is 256 Å². The Balaban J connectivity index is 1.01. The Bertz CT molecular complexity index is 1760. The van der Waals surface area contributed by atoms with Gasteiger partial charge < -0.3 is 25.0 Å². The fraction of sp³-hybridized carbons (Fsp3) is 0.306. The maximum atomic E-state index is 13.2. The molecule has 2 N–H and O–H groups in total. The number of hydrogen-bond acceptors (Lipinski definition) is 5. The number of aliphatic hydroxyl groups is 1. The first-order chi connectivity index (χ1) is 21.5. The van der Waals surface area contributed by atoms with Gasteiger partial charge in [-0.3, -0.25) is 9.59 Å². The number of rotatable bonds is 9. The van der Waals surface area contributed by atoms with E-state index < -0.39 is 18.7 Å². The van der Waals surface area contributed by atoms with Gasteiger partial charge >= 0.3 is 6.09 Å². The smallest absolute Gasteiger partial charge is 0.410 e. The first kappa shape index (κ1) is 29.4. The summed E-state index contributed by atoms with van der Waals surface area (Å²) in [6, 6.07) is 27.8. The highest BCUT2D eigenvalue weighted by molar-refractivity contribution is 6.23. The topological polar surface area (TPSA) is 99.2 Å². The summed E-state index contributed by atoms with van der Waals surface area (Å²) in [5, 5.41) is 20.1. The second-order valence-corrected chi connectivity index (χ2v) is 11.4. The van der Waals surface area contributed by atoms with Crippen LogP contribution in [0.15, 0.2) is 84.9 Å². The van der Waals surface area contributed by atoms with Gasteiger partial charge in [0.05, 0.1) is 6.61 Å². The Morgan fingerprint density at radius 1 is 0.773 bits per heavy atom. The first-order valence-corrected chi connectivity index (χ1v) is 15.3. The average Bonchev–Trinajstić information content (AvgIpc) is 3.32. The largest absolute Gasteiger partial charge is 0.445 e. The van der Waals surface area contributed by atoms with Gasteiger partial charge in [-0.25, -0.2) is 4.79 Å². The summed E-state index contributed by atoms with van der Waals surface area (Å²) < 4.78 is 5.45. The van der Waals surface area contributed by atoms with Gasteiger partial charge in [-0.2, -0.15) is 0 Å². The van der Waals surface area contributed by atoms with Crippen LogP contribution in [-0.2, 0) is 27.4 Å². The van der Waals surface area contributed by atoms with E-state index in [0.717, 1.165) is 12.0 Å². The monoisotopic (exact) mass is 591 g/mol. The minimum atomic E-state index is -1.02. The number of nitrogens with zero attached hydrogens (tertiary/aromatic N) is 2. The Hall–Kier alpha value is -4.69. The molecule has 0 bridgehead atoms. The number of nitrogens with one attached hydrogen (secondary N) is 1. The lowest BCUT2D eigenvalue weighted by molar-refractivity contribution is -0.137. The zero-order chi connectivity index (χ0) is 30.5. The molecule has 1 aliphatic rings. The lowest BCUT2D eigenvalue weighted by atomic mass is 9.90. The predicted octanol–water partition coefficient (Wildman–Crippen LogP) is 5.25. The number of aryl methyl sites for hydroxylation is 1. The molecule has 8 nitrogen and oxygen atoms in total. The van der Waals surface area contributed by atoms with Crippen molar-refractivity contribution >= 4 is 50.2 Å². The van der Waals surface area contributed by atoms with Crippen LogP contribution >= 0.6 is 0 Å². The van der Waals surface area contributed by atoms with Crippen LogP contribution in [0.2, 0.25) is 0 Å². The van der Waals surface area contributed by atoms with Crippen molar-refractivity contribution in [3.05, 3.63) is 96.1 Å². The van der Waals surface area contributed by atoms with Gasteiger partial charge in [0.15, 0.2) is 0 Å². The highest BCUT2D eigenvalue weighted by Gasteiger charge is 2.28. The predicted molar refractivity (Wildman–Crippen MR) is 171 cm³/mol. The summed E-state index contributed by atoms with van der Waals surface area (Å²) in [4.78, 5) is 41.9. The van der Waals surface area contributed by atoms with Gasteiger partial charge in [0.25, 0.3) is 0 Å². The van der Waals surface area contributed by atoms with E-state index in [1.165, 1.54) is 37.9 Å². The SMILES string of the molecule is O=C(CCCc1ccc2ccc3cccc4ccc1c2c34)NC(CO)C(=O)N1CCCN(C(=O)OCc2ccccc2)CC1. The molecule has 0 aliphatic carbocycles. The highest BCUT2D eigenvalue weighted by atomic mass is 16.6. The minimum Gasteiger partial charge on any atom is -0.445 e. The zero-order valence-electron chi connectivity index (χ0n) is 24.7. The van der Waals surface area contributed by atoms with E-state index in [1.807, 2.05) is 30.3 Å². The van der Waals surface area contributed by atoms with E-state index in [0.29, 0.717) is 39.0 Å². The summed E-state index contributed by atoms with van der Waals surface area (Å²) in [5.74, 6) is -0.608. The van der Waals surface area contributed by atoms with Crippen molar-refractivity contribution in [2.24, 2.45) is 0 Å². The fourth-order valence-corrected chi connectivity index (χ4v) is 6.26. The zero-order valence-corrected chi connectivity index (χ0v) is 24.7. The van der Waals surface area contributed by atoms with Gasteiger partial charge in [-0.1, -0.05) is 84.9 Å². The van der Waals surface area contributed by atoms with E-state index in [4.69, 9.17) is 4.74 Å². The number of carbonyl (C=O) groups is 3. The quantitative estimate of drug-likeness (QED) is 0.228. The summed E-state index contributed by atoms with van der Waals surface area (Å²) >= 11 is 0. The molecule has 0 spiro atoms. The molecule has 1 unspecified atom stereocenters. The molecule has 1 heterocycles. The Morgan fingerprint density at radius 3 is 2.23 bits per heavy atom. The molecule has 8 heteroatoms. The van der Waals surface area contributed by atoms with E-state index in [1.54, 1.807) is 9.80 Å². The molecule has 5 aromatic carbocycles. The number of amides is 3. The Kier molecular flexibility index (Phi) is 8.89. The fourth-order valence-electron chi connectivity index (χ4n) is 6.26. The summed E-state index contributed by atoms with van der Waals surface area (Å²) in [6.45, 7) is 1.23. The third kappa shape index (κ3) is 6.31. The number of aliphatic hydroxyl groups excluding tert-OH is 1. The minimum absolute atomic E-state index is 0.189. The van der Waals surface area contributed by atoms with Crippen molar-refractivity contribution < 1.29 is 24.2 Å². The van der Waals surface area contributed by atoms with Gasteiger partial charge in [0, 0.05) is 32.6 Å². The van der Waals surface area contributed by atoms with Crippen LogP contribution in [0.3, 0.4) is 0 Å². The molecule has 44 heavy (non-hydrogen) atoms. The van der Waals surface area contributed by atoms with Crippen LogP contribution in [0.1, 0.15) is 30.4 Å². The van der Waals surface area contributed by atoms with Crippen molar-refractivity contribution in [3.8, 4) is 0 Å². The lowest BCUT2D eigenvalue weighted by Crippen LogP contribution is -2.51. The van der Waals surface area contributed by atoms with Crippen LogP contribution in [0, 0.1) is 0 Å². The summed E-state index contributed by atoms with van der Waals surface area (Å²) in [5.41, 5.74) is 2.10. The second kappa shape index (κ2) is 13.3. The molecule has 0 aromatic heterocycles. The summed E-state index contributed by atoms with van der Waals surface area (Å²) in [7, 11) is 0. The molecule has 6 rings (SSSR count). The highest BCUT2D eigenvalue weighted by Crippen LogP contribution is 2.36. The van der Waals surface area contributed by atoms with Gasteiger partial charge in [-0.15, -0.1) is 0 Å². The molecule has 1 aliphatic heterocycles. The second-order valence-electron chi connectivity index (χ2n) is 11.4. The van der Waals surface area contributed by atoms with Gasteiger partial charge in [0.2, 0.25) is 11.8 Å². The van der Waals surface area contributed by atoms with Crippen molar-refractivity contribution in [1.29, 1.82) is 0 Å². The first-order valence-electron chi connectivity index (χ1n) is 15.3. The van der Waals surface area contributed by atoms with E-state index in [-0.39, 0.29) is 24.8 Å². The normalized spacial score (nSPS) is 14.6. The standard InChI is InChI=1S/C36H37N3O5/c40-23-31(35(42)38-19-6-20-39(22-21-38)36(43)44-24-25-7-2-1-3-8-25)37-32(41)12-5-9-26-13-14-29-16-15-27-10-4-11-28-17-18-30(26)34(29)33(27)28/h1-4,7-8,10-11,13-18,31,40H,5-6,9,12,19-24H2,(H,37,41). The van der Waals surface area contributed by atoms with Crippen LogP contribution in [0.4, 0.5) is 4.79 Å². The number of hydrogen-bond donors (Lipinski definition) is 2. The Morgan fingerprint density at radius 2 is 1.45 bits per heavy atom. The third-order valence-corrected chi connectivity index (χ3v) is 8.56. The van der Waals surface area contributed by atoms with Crippen LogP contribution in [0.5, 0.6) is 0 Å². The molecular weight excluding hydrogens is 554 g/mol. The van der Waals surface area contributed by atoms with E-state index in [2.05, 4.69) is 59.9 Å². The van der Waals surface area contributed by atoms with Crippen LogP contribution in [0.25, 0.3) is 32.3 Å². The maximum absolute atomic E-state index is 13.2. The number of benzene rings is 5. The van der Waals surface area contributed by atoms with Crippen molar-refractivity contribution in [1.82, 2.24) is 15.1 Å². The van der Waals surface area contributed by atoms with Crippen molar-refractivity contribution in [2.45, 2.75) is 38.3 Å². The summed E-state index contributed by atoms with van der Waals surface area (Å²) in [6.07, 6.45) is 1.75. The molecule has 1 atom stereocenters. The lowest BCUT2D eigenvalue weighted by Gasteiger charge is -2.26. The van der Waals surface area contributed by atoms with Crippen LogP contribution < -0.4 is 5.32 Å². The van der Waals surface area contributed by atoms with E-state index in [9.17, 15) is 19.5 Å². The maximum Gasteiger partial charge on any atom is 0.410 e. The molecule has 0 saturated carbocycles. The molecule has 226 valence electrons. The van der Waals surface area contributed by atoms with Crippen molar-refractivity contribution in [2.75, 3.05) is 32.8 Å². The van der Waals surface area contributed by atoms with Gasteiger partial charge in [-0.05, 0) is 62.7 Å². The third-order valence-electron chi connectivity index (χ3n) is 8.56. The number of carbonyl (C=O) groups excluding carboxylic acids is 3. The average molecular weight is 592 g/mol. The molecule has 5 aromatic rings. The van der Waals surface area contributed by atoms with Crippen molar-refractivity contribution in [3.63, 3.8) is 0 Å². The molecule has 3 amide bonds. The number of ether oxygens (including phenoxy) is 1. The molecule has 1 fully saturated rings. The molecular formula is C36H37N3O5. The van der Waals surface area contributed by atoms with Gasteiger partial charge in [0.1, 0.15) is 12.6 Å².